The van der Waals surface area contributed by atoms with E-state index in [1.165, 1.54) is 12.1 Å². The molecule has 11 heteroatoms. The van der Waals surface area contributed by atoms with Gasteiger partial charge < -0.3 is 29.2 Å². The summed E-state index contributed by atoms with van der Waals surface area (Å²) in [4.78, 5) is 63.6. The second-order valence-corrected chi connectivity index (χ2v) is 15.8. The highest BCUT2D eigenvalue weighted by Gasteiger charge is 2.54. The fourth-order valence-electron chi connectivity index (χ4n) is 6.93. The molecule has 0 atom stereocenters. The van der Waals surface area contributed by atoms with E-state index in [0.29, 0.717) is 22.3 Å². The third-order valence-electron chi connectivity index (χ3n) is 9.36. The highest BCUT2D eigenvalue weighted by molar-refractivity contribution is 5.97. The van der Waals surface area contributed by atoms with E-state index in [9.17, 15) is 34.2 Å². The molecule has 264 valence electrons. The van der Waals surface area contributed by atoms with Crippen LogP contribution in [0, 0.1) is 28.6 Å². The first kappa shape index (κ1) is 36.1. The molecule has 2 heterocycles. The van der Waals surface area contributed by atoms with Gasteiger partial charge in [0.2, 0.25) is 0 Å². The van der Waals surface area contributed by atoms with Gasteiger partial charge in [-0.3, -0.25) is 19.2 Å². The molecule has 2 aliphatic rings. The molecule has 1 spiro atoms. The standard InChI is InChI=1S/C39H42O11/c1-21-10-13-25-24(16-21)30(40)50-39(25)26-14-11-22(47-33(45)37(6,7)19-35(2,3)31(41)42)17-28(26)49-29-18-23(12-15-27(29)39)48-34(46)38(8,9)20-36(4,5)32(43)44/h10-18H,19-20H2,1-9H3,(H,41,42)(H,43,44). The fourth-order valence-corrected chi connectivity index (χ4v) is 6.93. The molecule has 11 nitrogen and oxygen atoms in total. The summed E-state index contributed by atoms with van der Waals surface area (Å²) in [6, 6.07) is 14.8. The average Bonchev–Trinajstić information content (AvgIpc) is 3.27. The summed E-state index contributed by atoms with van der Waals surface area (Å²) in [7, 11) is 0. The Morgan fingerprint density at radius 3 is 1.48 bits per heavy atom. The SMILES string of the molecule is Cc1ccc2c(c1)C(=O)OC21c2ccc(OC(=O)C(C)(C)CC(C)(C)C(=O)O)cc2Oc2cc(OC(=O)C(C)(C)CC(C)(C)C(=O)O)ccc21. The lowest BCUT2D eigenvalue weighted by Gasteiger charge is -2.37. The molecular formula is C39H42O11. The second kappa shape index (κ2) is 12.0. The van der Waals surface area contributed by atoms with Gasteiger partial charge in [-0.05, 0) is 105 Å². The number of ether oxygens (including phenoxy) is 4. The molecule has 0 amide bonds. The maximum Gasteiger partial charge on any atom is 0.340 e. The summed E-state index contributed by atoms with van der Waals surface area (Å²) < 4.78 is 24.1. The number of carboxylic acids is 2. The Hall–Kier alpha value is -5.19. The summed E-state index contributed by atoms with van der Waals surface area (Å²) in [5.74, 6) is -3.26. The molecule has 0 bridgehead atoms. The zero-order chi connectivity index (χ0) is 37.2. The van der Waals surface area contributed by atoms with Gasteiger partial charge in [0.05, 0.1) is 27.2 Å². The van der Waals surface area contributed by atoms with Crippen molar-refractivity contribution in [1.82, 2.24) is 0 Å². The van der Waals surface area contributed by atoms with Crippen LogP contribution in [-0.4, -0.2) is 40.1 Å². The first-order valence-electron chi connectivity index (χ1n) is 16.2. The predicted octanol–water partition coefficient (Wildman–Crippen LogP) is 7.43. The zero-order valence-electron chi connectivity index (χ0n) is 29.7. The summed E-state index contributed by atoms with van der Waals surface area (Å²) >= 11 is 0. The van der Waals surface area contributed by atoms with Crippen molar-refractivity contribution in [1.29, 1.82) is 0 Å². The van der Waals surface area contributed by atoms with Crippen LogP contribution in [0.4, 0.5) is 0 Å². The molecule has 3 aromatic rings. The number of fused-ring (bicyclic) bond motifs is 6. The van der Waals surface area contributed by atoms with Crippen LogP contribution in [0.5, 0.6) is 23.0 Å². The van der Waals surface area contributed by atoms with Crippen molar-refractivity contribution in [2.24, 2.45) is 21.7 Å². The van der Waals surface area contributed by atoms with Crippen LogP contribution in [0.15, 0.2) is 54.6 Å². The van der Waals surface area contributed by atoms with Gasteiger partial charge in [-0.2, -0.15) is 0 Å². The molecular weight excluding hydrogens is 644 g/mol. The number of aryl methyl sites for hydroxylation is 1. The van der Waals surface area contributed by atoms with Crippen molar-refractivity contribution in [3.05, 3.63) is 82.4 Å². The number of carbonyl (C=O) groups excluding carboxylic acids is 3. The topological polar surface area (TPSA) is 163 Å². The first-order valence-corrected chi connectivity index (χ1v) is 16.2. The molecule has 2 N–H and O–H groups in total. The number of rotatable bonds is 10. The molecule has 0 aliphatic carbocycles. The highest BCUT2D eigenvalue weighted by Crippen LogP contribution is 2.57. The molecule has 0 saturated heterocycles. The lowest BCUT2D eigenvalue weighted by molar-refractivity contribution is -0.154. The molecule has 5 rings (SSSR count). The van der Waals surface area contributed by atoms with E-state index in [1.807, 2.05) is 19.1 Å². The van der Waals surface area contributed by atoms with Crippen LogP contribution in [0.2, 0.25) is 0 Å². The molecule has 50 heavy (non-hydrogen) atoms. The number of hydrogen-bond acceptors (Lipinski definition) is 9. The van der Waals surface area contributed by atoms with E-state index in [1.54, 1.807) is 85.7 Å². The Balaban J connectivity index is 1.55. The number of esters is 3. The summed E-state index contributed by atoms with van der Waals surface area (Å²) in [6.07, 6.45) is 0.0364. The minimum Gasteiger partial charge on any atom is -0.481 e. The first-order chi connectivity index (χ1) is 23.0. The van der Waals surface area contributed by atoms with Gasteiger partial charge >= 0.3 is 29.8 Å². The van der Waals surface area contributed by atoms with Crippen LogP contribution in [0.25, 0.3) is 0 Å². The summed E-state index contributed by atoms with van der Waals surface area (Å²) in [5.41, 5.74) is -3.39. The lowest BCUT2D eigenvalue weighted by Crippen LogP contribution is -2.37. The third-order valence-corrected chi connectivity index (χ3v) is 9.36. The quantitative estimate of drug-likeness (QED) is 0.161. The van der Waals surface area contributed by atoms with Crippen molar-refractivity contribution in [3.63, 3.8) is 0 Å². The van der Waals surface area contributed by atoms with E-state index in [4.69, 9.17) is 18.9 Å². The van der Waals surface area contributed by atoms with Crippen LogP contribution < -0.4 is 14.2 Å². The van der Waals surface area contributed by atoms with E-state index in [2.05, 4.69) is 0 Å². The van der Waals surface area contributed by atoms with Crippen LogP contribution in [0.1, 0.15) is 101 Å². The maximum absolute atomic E-state index is 13.4. The van der Waals surface area contributed by atoms with E-state index >= 15 is 0 Å². The van der Waals surface area contributed by atoms with Crippen molar-refractivity contribution in [2.45, 2.75) is 80.8 Å². The largest absolute Gasteiger partial charge is 0.481 e. The Kier molecular flexibility index (Phi) is 8.66. The van der Waals surface area contributed by atoms with Gasteiger partial charge in [0.1, 0.15) is 23.0 Å². The Labute approximate surface area is 290 Å². The average molecular weight is 687 g/mol. The number of hydrogen-bond donors (Lipinski definition) is 2. The van der Waals surface area contributed by atoms with Crippen LogP contribution in [0.3, 0.4) is 0 Å². The Morgan fingerprint density at radius 1 is 0.640 bits per heavy atom. The van der Waals surface area contributed by atoms with Crippen molar-refractivity contribution >= 4 is 29.8 Å². The predicted molar refractivity (Wildman–Crippen MR) is 180 cm³/mol. The summed E-state index contributed by atoms with van der Waals surface area (Å²) in [6.45, 7) is 14.5. The van der Waals surface area contributed by atoms with Crippen molar-refractivity contribution < 1.29 is 53.1 Å². The molecule has 0 unspecified atom stereocenters. The van der Waals surface area contributed by atoms with E-state index < -0.39 is 57.1 Å². The Bertz CT molecular complexity index is 1840. The molecule has 2 aliphatic heterocycles. The van der Waals surface area contributed by atoms with Crippen LogP contribution >= 0.6 is 0 Å². The van der Waals surface area contributed by atoms with Crippen molar-refractivity contribution in [2.75, 3.05) is 0 Å². The van der Waals surface area contributed by atoms with Crippen molar-refractivity contribution in [3.8, 4) is 23.0 Å². The normalized spacial score (nSPS) is 14.9. The molecule has 0 radical (unpaired) electrons. The molecule has 0 aromatic heterocycles. The number of aliphatic carboxylic acids is 2. The highest BCUT2D eigenvalue weighted by atomic mass is 16.6. The molecule has 3 aromatic carbocycles. The summed E-state index contributed by atoms with van der Waals surface area (Å²) in [5, 5.41) is 19.2. The van der Waals surface area contributed by atoms with Crippen LogP contribution in [-0.2, 0) is 29.5 Å². The molecule has 0 saturated carbocycles. The van der Waals surface area contributed by atoms with Gasteiger partial charge in [0.15, 0.2) is 5.60 Å². The van der Waals surface area contributed by atoms with Gasteiger partial charge in [-0.1, -0.05) is 17.7 Å². The monoisotopic (exact) mass is 686 g/mol. The zero-order valence-corrected chi connectivity index (χ0v) is 29.7. The minimum atomic E-state index is -1.45. The van der Waals surface area contributed by atoms with E-state index in [0.717, 1.165) is 5.56 Å². The van der Waals surface area contributed by atoms with Gasteiger partial charge in [0, 0.05) is 28.8 Å². The second-order valence-electron chi connectivity index (χ2n) is 15.8. The maximum atomic E-state index is 13.4. The fraction of sp³-hybridized carbons (Fsp3) is 0.410. The molecule has 0 fully saturated rings. The Morgan fingerprint density at radius 2 is 1.06 bits per heavy atom. The van der Waals surface area contributed by atoms with Gasteiger partial charge in [0.25, 0.3) is 0 Å². The minimum absolute atomic E-state index is 0.0182. The van der Waals surface area contributed by atoms with Gasteiger partial charge in [-0.25, -0.2) is 4.79 Å². The third kappa shape index (κ3) is 6.32. The van der Waals surface area contributed by atoms with E-state index in [-0.39, 0.29) is 35.8 Å². The number of carboxylic acid groups (broad SMARTS) is 2. The lowest BCUT2D eigenvalue weighted by atomic mass is 9.75. The smallest absolute Gasteiger partial charge is 0.340 e. The van der Waals surface area contributed by atoms with Gasteiger partial charge in [-0.15, -0.1) is 0 Å². The number of benzene rings is 3. The number of carbonyl (C=O) groups is 5.